The van der Waals surface area contributed by atoms with E-state index in [1.165, 1.54) is 31.2 Å². The first-order chi connectivity index (χ1) is 5.91. The molecule has 0 aromatic heterocycles. The van der Waals surface area contributed by atoms with Crippen LogP contribution in [0.1, 0.15) is 17.3 Å². The monoisotopic (exact) mass is 244 g/mol. The van der Waals surface area contributed by atoms with E-state index in [9.17, 15) is 8.53 Å². The van der Waals surface area contributed by atoms with E-state index in [2.05, 4.69) is 0 Å². The summed E-state index contributed by atoms with van der Waals surface area (Å²) in [6, 6.07) is 5.41. The molecule has 0 radical (unpaired) electrons. The molecule has 0 aliphatic rings. The molecule has 4 nitrogen and oxygen atoms in total. The fraction of sp³-hybridized carbons (Fsp3) is 0.125. The van der Waals surface area contributed by atoms with Crippen molar-refractivity contribution < 1.29 is 16.7 Å². The Labute approximate surface area is 78.2 Å². The molecule has 5 heteroatoms. The third-order valence-corrected chi connectivity index (χ3v) is 3.65. The second-order valence-corrected chi connectivity index (χ2v) is 6.01. The van der Waals surface area contributed by atoms with E-state index >= 15 is 0 Å². The Morgan fingerprint density at radius 2 is 1.69 bits per heavy atom. The molecule has 1 aromatic carbocycles. The molecule has 0 aliphatic carbocycles. The summed E-state index contributed by atoms with van der Waals surface area (Å²) in [6.45, 7) is 1.40. The SMILES string of the molecule is CC(=O)c1ccc([As](=O)(O)O)cc1. The Hall–Kier alpha value is -0.832. The number of hydrogen-bond donors (Lipinski definition) is 2. The molecule has 13 heavy (non-hydrogen) atoms. The topological polar surface area (TPSA) is 74.6 Å². The van der Waals surface area contributed by atoms with Crippen molar-refractivity contribution in [3.8, 4) is 0 Å². The summed E-state index contributed by atoms with van der Waals surface area (Å²) in [5.74, 6) is -0.121. The van der Waals surface area contributed by atoms with Gasteiger partial charge in [-0.15, -0.1) is 0 Å². The molecule has 0 aliphatic heterocycles. The fourth-order valence-corrected chi connectivity index (χ4v) is 2.02. The van der Waals surface area contributed by atoms with Crippen LogP contribution in [0, 0.1) is 0 Å². The van der Waals surface area contributed by atoms with Crippen LogP contribution in [0.4, 0.5) is 0 Å². The first-order valence-electron chi connectivity index (χ1n) is 3.58. The first kappa shape index (κ1) is 10.3. The Morgan fingerprint density at radius 3 is 2.00 bits per heavy atom. The fourth-order valence-electron chi connectivity index (χ4n) is 0.890. The van der Waals surface area contributed by atoms with E-state index in [0.717, 1.165) is 0 Å². The third kappa shape index (κ3) is 2.56. The van der Waals surface area contributed by atoms with Crippen molar-refractivity contribution >= 4 is 24.3 Å². The van der Waals surface area contributed by atoms with E-state index in [-0.39, 0.29) is 10.1 Å². The number of hydrogen-bond acceptors (Lipinski definition) is 2. The van der Waals surface area contributed by atoms with Crippen molar-refractivity contribution in [2.45, 2.75) is 6.92 Å². The number of carbonyl (C=O) groups is 1. The molecule has 1 rings (SSSR count). The van der Waals surface area contributed by atoms with Crippen molar-refractivity contribution in [3.63, 3.8) is 0 Å². The standard InChI is InChI=1S/C8H9AsO4/c1-6(10)7-2-4-8(5-3-7)9(11,12)13/h2-5H,1H3,(H2,11,12,13). The molecule has 0 bridgehead atoms. The maximum absolute atomic E-state index is 10.8. The van der Waals surface area contributed by atoms with Crippen LogP contribution < -0.4 is 4.35 Å². The van der Waals surface area contributed by atoms with Gasteiger partial charge in [-0.05, 0) is 0 Å². The van der Waals surface area contributed by atoms with Crippen LogP contribution in [0.25, 0.3) is 0 Å². The summed E-state index contributed by atoms with van der Waals surface area (Å²) in [6.07, 6.45) is 0. The summed E-state index contributed by atoms with van der Waals surface area (Å²) in [4.78, 5) is 10.8. The molecule has 0 spiro atoms. The van der Waals surface area contributed by atoms with Gasteiger partial charge in [0, 0.05) is 0 Å². The van der Waals surface area contributed by atoms with Crippen LogP contribution in [0.2, 0.25) is 0 Å². The number of benzene rings is 1. The van der Waals surface area contributed by atoms with E-state index in [4.69, 9.17) is 8.19 Å². The summed E-state index contributed by atoms with van der Waals surface area (Å²) >= 11 is -4.78. The minimum atomic E-state index is -4.78. The van der Waals surface area contributed by atoms with Crippen molar-refractivity contribution in [2.75, 3.05) is 0 Å². The molecule has 0 atom stereocenters. The number of ketones is 1. The van der Waals surface area contributed by atoms with Gasteiger partial charge in [-0.3, -0.25) is 0 Å². The Kier molecular flexibility index (Phi) is 2.76. The van der Waals surface area contributed by atoms with Gasteiger partial charge in [0.05, 0.1) is 0 Å². The molecule has 70 valence electrons. The minimum absolute atomic E-state index is 0.0110. The number of rotatable bonds is 2. The molecule has 0 unspecified atom stereocenters. The van der Waals surface area contributed by atoms with Crippen molar-refractivity contribution in [3.05, 3.63) is 29.8 Å². The van der Waals surface area contributed by atoms with E-state index in [1.807, 2.05) is 0 Å². The van der Waals surface area contributed by atoms with Crippen LogP contribution in [0.3, 0.4) is 0 Å². The summed E-state index contributed by atoms with van der Waals surface area (Å²) in [5, 5.41) is 0. The second kappa shape index (κ2) is 3.50. The summed E-state index contributed by atoms with van der Waals surface area (Å²) in [7, 11) is 0. The van der Waals surface area contributed by atoms with Gasteiger partial charge in [-0.1, -0.05) is 0 Å². The maximum atomic E-state index is 10.8. The van der Waals surface area contributed by atoms with Gasteiger partial charge in [0.25, 0.3) is 0 Å². The molecule has 0 fully saturated rings. The molecule has 2 N–H and O–H groups in total. The van der Waals surface area contributed by atoms with Gasteiger partial charge in [-0.2, -0.15) is 0 Å². The van der Waals surface area contributed by atoms with Gasteiger partial charge in [0.1, 0.15) is 0 Å². The Balaban J connectivity index is 3.08. The molecule has 0 saturated carbocycles. The van der Waals surface area contributed by atoms with E-state index in [0.29, 0.717) is 5.56 Å². The van der Waals surface area contributed by atoms with Crippen molar-refractivity contribution in [2.24, 2.45) is 0 Å². The summed E-state index contributed by atoms with van der Waals surface area (Å²) < 4.78 is 28.4. The van der Waals surface area contributed by atoms with Gasteiger partial charge in [0.2, 0.25) is 0 Å². The van der Waals surface area contributed by atoms with Gasteiger partial charge < -0.3 is 0 Å². The van der Waals surface area contributed by atoms with Crippen LogP contribution in [-0.4, -0.2) is 28.1 Å². The van der Waals surface area contributed by atoms with Crippen LogP contribution in [-0.2, 0) is 3.74 Å². The van der Waals surface area contributed by atoms with E-state index < -0.39 is 14.2 Å². The average molecular weight is 244 g/mol. The summed E-state index contributed by atoms with van der Waals surface area (Å²) in [5.41, 5.74) is 0.452. The molecule has 0 saturated heterocycles. The van der Waals surface area contributed by atoms with Crippen LogP contribution >= 0.6 is 0 Å². The number of Topliss-reactive ketones (excluding diaryl/α,β-unsaturated/α-hetero) is 1. The zero-order valence-corrected chi connectivity index (χ0v) is 8.84. The Morgan fingerprint density at radius 1 is 1.23 bits per heavy atom. The van der Waals surface area contributed by atoms with E-state index in [1.54, 1.807) is 0 Å². The zero-order chi connectivity index (χ0) is 10.1. The van der Waals surface area contributed by atoms with Gasteiger partial charge in [0.15, 0.2) is 0 Å². The average Bonchev–Trinajstić information content (AvgIpc) is 2.03. The zero-order valence-electron chi connectivity index (χ0n) is 6.97. The molecular formula is C8H9AsO4. The molecule has 0 heterocycles. The second-order valence-electron chi connectivity index (χ2n) is 2.65. The predicted molar refractivity (Wildman–Crippen MR) is 47.0 cm³/mol. The quantitative estimate of drug-likeness (QED) is 0.540. The van der Waals surface area contributed by atoms with Crippen LogP contribution in [0.15, 0.2) is 24.3 Å². The van der Waals surface area contributed by atoms with Gasteiger partial charge in [-0.25, -0.2) is 0 Å². The first-order valence-corrected chi connectivity index (χ1v) is 6.96. The molecule has 0 amide bonds. The predicted octanol–water partition coefficient (Wildman–Crippen LogP) is -0.550. The molecular weight excluding hydrogens is 235 g/mol. The van der Waals surface area contributed by atoms with Crippen molar-refractivity contribution in [1.29, 1.82) is 0 Å². The van der Waals surface area contributed by atoms with Crippen molar-refractivity contribution in [1.82, 2.24) is 0 Å². The molecule has 1 aromatic rings. The normalized spacial score (nSPS) is 11.3. The Bertz CT molecular complexity index is 362. The number of carbonyl (C=O) groups excluding carboxylic acids is 1. The third-order valence-electron chi connectivity index (χ3n) is 1.61. The van der Waals surface area contributed by atoms with Gasteiger partial charge >= 0.3 is 77.8 Å². The van der Waals surface area contributed by atoms with Crippen LogP contribution in [0.5, 0.6) is 0 Å².